The van der Waals surface area contributed by atoms with Crippen LogP contribution in [0.4, 0.5) is 0 Å². The van der Waals surface area contributed by atoms with Crippen molar-refractivity contribution in [3.63, 3.8) is 0 Å². The summed E-state index contributed by atoms with van der Waals surface area (Å²) in [6, 6.07) is 7.66. The van der Waals surface area contributed by atoms with Gasteiger partial charge in [-0.05, 0) is 77.6 Å². The number of aliphatic hydroxyl groups is 2. The normalized spacial score (nSPS) is 13.5. The highest BCUT2D eigenvalue weighted by molar-refractivity contribution is 6.41. The first-order chi connectivity index (χ1) is 14.3. The highest BCUT2D eigenvalue weighted by atomic mass is 16.5. The number of ether oxygens (including phenoxy) is 1. The molecule has 0 aromatic heterocycles. The van der Waals surface area contributed by atoms with Crippen LogP contribution in [0.15, 0.2) is 24.3 Å². The summed E-state index contributed by atoms with van der Waals surface area (Å²) in [5, 5.41) is 17.7. The van der Waals surface area contributed by atoms with Gasteiger partial charge in [-0.3, -0.25) is 4.79 Å². The van der Waals surface area contributed by atoms with Crippen molar-refractivity contribution >= 4 is 11.8 Å². The molecule has 2 aromatic rings. The molecule has 31 heavy (non-hydrogen) atoms. The minimum Gasteiger partial charge on any atom is -0.420 e. The van der Waals surface area contributed by atoms with Gasteiger partial charge >= 0.3 is 5.97 Å². The van der Waals surface area contributed by atoms with Crippen molar-refractivity contribution in [3.8, 4) is 5.75 Å². The zero-order valence-electron chi connectivity index (χ0n) is 20.2. The molecular formula is C26H36O5. The van der Waals surface area contributed by atoms with E-state index < -0.39 is 24.0 Å². The van der Waals surface area contributed by atoms with E-state index in [9.17, 15) is 9.59 Å². The Hall–Kier alpha value is -2.50. The number of esters is 1. The van der Waals surface area contributed by atoms with Crippen LogP contribution in [-0.4, -0.2) is 34.2 Å². The summed E-state index contributed by atoms with van der Waals surface area (Å²) in [6.07, 6.45) is -0.815. The van der Waals surface area contributed by atoms with Crippen molar-refractivity contribution in [1.82, 2.24) is 0 Å². The maximum atomic E-state index is 12.5. The van der Waals surface area contributed by atoms with Gasteiger partial charge in [-0.1, -0.05) is 42.3 Å². The number of carbonyl (C=O) groups is 2. The fourth-order valence-electron chi connectivity index (χ4n) is 3.51. The zero-order valence-corrected chi connectivity index (χ0v) is 20.2. The Morgan fingerprint density at radius 3 is 1.39 bits per heavy atom. The van der Waals surface area contributed by atoms with E-state index >= 15 is 0 Å². The van der Waals surface area contributed by atoms with Crippen LogP contribution >= 0.6 is 0 Å². The molecule has 0 amide bonds. The molecule has 0 spiro atoms. The molecule has 2 unspecified atom stereocenters. The summed E-state index contributed by atoms with van der Waals surface area (Å²) in [5.74, 6) is -0.985. The van der Waals surface area contributed by atoms with Crippen LogP contribution in [0.1, 0.15) is 64.5 Å². The number of ketones is 1. The number of carbonyl (C=O) groups excluding carboxylic acids is 2. The molecule has 0 saturated carbocycles. The Kier molecular flexibility index (Phi) is 9.60. The van der Waals surface area contributed by atoms with Gasteiger partial charge in [-0.2, -0.15) is 0 Å². The molecule has 0 radical (unpaired) electrons. The fraction of sp³-hybridized carbons (Fsp3) is 0.462. The lowest BCUT2D eigenvalue weighted by atomic mass is 9.96. The topological polar surface area (TPSA) is 83.8 Å². The second-order valence-electron chi connectivity index (χ2n) is 8.56. The SMILES string of the molecule is CC(O)C(C)C(C)O.Cc1cc(C)c(OC(=O)C(=O)c2c(C)cc(C)cc2C)c(C)c1. The van der Waals surface area contributed by atoms with E-state index in [1.54, 1.807) is 13.8 Å². The number of Topliss-reactive ketones (excluding diaryl/α,β-unsaturated/α-hetero) is 1. The second-order valence-corrected chi connectivity index (χ2v) is 8.56. The molecule has 0 aliphatic rings. The molecule has 0 fully saturated rings. The number of hydrogen-bond acceptors (Lipinski definition) is 5. The summed E-state index contributed by atoms with van der Waals surface area (Å²) >= 11 is 0. The summed E-state index contributed by atoms with van der Waals surface area (Å²) < 4.78 is 5.40. The molecule has 2 rings (SSSR count). The van der Waals surface area contributed by atoms with Crippen molar-refractivity contribution in [3.05, 3.63) is 63.2 Å². The first-order valence-corrected chi connectivity index (χ1v) is 10.5. The smallest absolute Gasteiger partial charge is 0.385 e. The van der Waals surface area contributed by atoms with E-state index in [0.29, 0.717) is 11.3 Å². The Balaban J connectivity index is 0.000000512. The van der Waals surface area contributed by atoms with E-state index in [0.717, 1.165) is 33.4 Å². The summed E-state index contributed by atoms with van der Waals surface area (Å²) in [5.41, 5.74) is 5.88. The highest BCUT2D eigenvalue weighted by Crippen LogP contribution is 2.25. The first kappa shape index (κ1) is 26.5. The van der Waals surface area contributed by atoms with Gasteiger partial charge in [0.25, 0.3) is 5.78 Å². The van der Waals surface area contributed by atoms with E-state index in [4.69, 9.17) is 14.9 Å². The molecular weight excluding hydrogens is 392 g/mol. The molecule has 5 nitrogen and oxygen atoms in total. The average molecular weight is 429 g/mol. The van der Waals surface area contributed by atoms with Crippen LogP contribution in [0.25, 0.3) is 0 Å². The molecule has 0 aliphatic heterocycles. The lowest BCUT2D eigenvalue weighted by Gasteiger charge is -2.16. The molecule has 0 saturated heterocycles. The van der Waals surface area contributed by atoms with Crippen molar-refractivity contribution in [2.24, 2.45) is 5.92 Å². The molecule has 0 bridgehead atoms. The average Bonchev–Trinajstić information content (AvgIpc) is 2.63. The minimum atomic E-state index is -0.838. The fourth-order valence-corrected chi connectivity index (χ4v) is 3.51. The number of rotatable bonds is 5. The van der Waals surface area contributed by atoms with Gasteiger partial charge in [0.2, 0.25) is 0 Å². The lowest BCUT2D eigenvalue weighted by Crippen LogP contribution is -2.24. The van der Waals surface area contributed by atoms with Gasteiger partial charge in [0.15, 0.2) is 0 Å². The maximum Gasteiger partial charge on any atom is 0.385 e. The minimum absolute atomic E-state index is 0.0185. The Morgan fingerprint density at radius 2 is 1.06 bits per heavy atom. The predicted molar refractivity (Wildman–Crippen MR) is 124 cm³/mol. The van der Waals surface area contributed by atoms with Crippen LogP contribution in [0, 0.1) is 47.5 Å². The van der Waals surface area contributed by atoms with Crippen molar-refractivity contribution in [2.45, 2.75) is 74.5 Å². The van der Waals surface area contributed by atoms with Crippen molar-refractivity contribution in [1.29, 1.82) is 0 Å². The monoisotopic (exact) mass is 428 g/mol. The predicted octanol–water partition coefficient (Wildman–Crippen LogP) is 4.71. The molecule has 0 heterocycles. The van der Waals surface area contributed by atoms with Crippen LogP contribution < -0.4 is 4.74 Å². The molecule has 170 valence electrons. The summed E-state index contributed by atoms with van der Waals surface area (Å²) in [6.45, 7) is 16.5. The first-order valence-electron chi connectivity index (χ1n) is 10.5. The van der Waals surface area contributed by atoms with Crippen molar-refractivity contribution in [2.75, 3.05) is 0 Å². The third-order valence-electron chi connectivity index (χ3n) is 5.41. The third kappa shape index (κ3) is 7.30. The van der Waals surface area contributed by atoms with E-state index in [-0.39, 0.29) is 5.92 Å². The second kappa shape index (κ2) is 11.2. The molecule has 2 atom stereocenters. The molecule has 0 aliphatic carbocycles. The standard InChI is InChI=1S/C20H22O3.C6H14O2/c1-11-7-13(3)17(14(4)8-11)18(21)20(22)23-19-15(5)9-12(2)10-16(19)6;1-4(5(2)7)6(3)8/h7-10H,1-6H3;4-8H,1-3H3. The van der Waals surface area contributed by atoms with Crippen LogP contribution in [-0.2, 0) is 4.79 Å². The Morgan fingerprint density at radius 1 is 0.710 bits per heavy atom. The largest absolute Gasteiger partial charge is 0.420 e. The molecule has 2 N–H and O–H groups in total. The quantitative estimate of drug-likeness (QED) is 0.312. The van der Waals surface area contributed by atoms with E-state index in [2.05, 4.69) is 0 Å². The Labute approximate surface area is 186 Å². The summed E-state index contributed by atoms with van der Waals surface area (Å²) in [4.78, 5) is 24.8. The third-order valence-corrected chi connectivity index (χ3v) is 5.41. The molecule has 5 heteroatoms. The summed E-state index contributed by atoms with van der Waals surface area (Å²) in [7, 11) is 0. The molecule has 2 aromatic carbocycles. The number of benzene rings is 2. The van der Waals surface area contributed by atoms with Crippen LogP contribution in [0.5, 0.6) is 5.75 Å². The number of aliphatic hydroxyl groups excluding tert-OH is 2. The lowest BCUT2D eigenvalue weighted by molar-refractivity contribution is -0.129. The maximum absolute atomic E-state index is 12.5. The number of aryl methyl sites for hydroxylation is 6. The van der Waals surface area contributed by atoms with Gasteiger partial charge in [-0.15, -0.1) is 0 Å². The number of hydrogen-bond donors (Lipinski definition) is 2. The van der Waals surface area contributed by atoms with Gasteiger partial charge in [0.05, 0.1) is 12.2 Å². The van der Waals surface area contributed by atoms with Crippen LogP contribution in [0.3, 0.4) is 0 Å². The Bertz CT molecular complexity index is 887. The van der Waals surface area contributed by atoms with Gasteiger partial charge < -0.3 is 14.9 Å². The van der Waals surface area contributed by atoms with E-state index in [1.165, 1.54) is 0 Å². The zero-order chi connectivity index (χ0) is 24.0. The van der Waals surface area contributed by atoms with Gasteiger partial charge in [-0.25, -0.2) is 4.79 Å². The van der Waals surface area contributed by atoms with Gasteiger partial charge in [0.1, 0.15) is 5.75 Å². The van der Waals surface area contributed by atoms with Crippen molar-refractivity contribution < 1.29 is 24.5 Å². The van der Waals surface area contributed by atoms with E-state index in [1.807, 2.05) is 72.7 Å². The highest BCUT2D eigenvalue weighted by Gasteiger charge is 2.24. The van der Waals surface area contributed by atoms with Crippen LogP contribution in [0.2, 0.25) is 0 Å². The van der Waals surface area contributed by atoms with Gasteiger partial charge in [0, 0.05) is 11.5 Å².